The summed E-state index contributed by atoms with van der Waals surface area (Å²) in [5.74, 6) is 0.932. The van der Waals surface area contributed by atoms with Crippen LogP contribution in [0.3, 0.4) is 0 Å². The Morgan fingerprint density at radius 3 is 2.82 bits per heavy atom. The summed E-state index contributed by atoms with van der Waals surface area (Å²) in [6, 6.07) is 0. The van der Waals surface area contributed by atoms with Gasteiger partial charge in [-0.3, -0.25) is 0 Å². The Labute approximate surface area is 108 Å². The number of anilines is 1. The summed E-state index contributed by atoms with van der Waals surface area (Å²) in [6.45, 7) is 8.93. The molecule has 98 valence electrons. The van der Waals surface area contributed by atoms with Crippen LogP contribution in [0.2, 0.25) is 0 Å². The molecule has 1 N–H and O–H groups in total. The van der Waals surface area contributed by atoms with Crippen molar-refractivity contribution in [2.75, 3.05) is 31.8 Å². The quantitative estimate of drug-likeness (QED) is 0.761. The van der Waals surface area contributed by atoms with E-state index in [1.54, 1.807) is 7.11 Å². The number of methoxy groups -OCH3 is 1. The Morgan fingerprint density at radius 2 is 2.24 bits per heavy atom. The average molecular weight is 257 g/mol. The lowest BCUT2D eigenvalue weighted by molar-refractivity contribution is 0.210. The number of aromatic nitrogens is 2. The highest BCUT2D eigenvalue weighted by atomic mass is 32.2. The van der Waals surface area contributed by atoms with E-state index in [2.05, 4.69) is 41.2 Å². The van der Waals surface area contributed by atoms with Gasteiger partial charge in [0.05, 0.1) is 12.3 Å². The van der Waals surface area contributed by atoms with E-state index in [-0.39, 0.29) is 4.75 Å². The highest BCUT2D eigenvalue weighted by Crippen LogP contribution is 2.25. The molecule has 0 aromatic carbocycles. The van der Waals surface area contributed by atoms with Crippen molar-refractivity contribution in [2.24, 2.45) is 0 Å². The molecule has 0 spiro atoms. The molecule has 17 heavy (non-hydrogen) atoms. The van der Waals surface area contributed by atoms with E-state index in [1.807, 2.05) is 18.7 Å². The number of rotatable bonds is 7. The van der Waals surface area contributed by atoms with E-state index in [1.165, 1.54) is 0 Å². The van der Waals surface area contributed by atoms with Gasteiger partial charge in [0, 0.05) is 31.1 Å². The number of thioether (sulfide) groups is 1. The zero-order valence-electron chi connectivity index (χ0n) is 11.4. The molecule has 0 saturated heterocycles. The van der Waals surface area contributed by atoms with Crippen LogP contribution in [0.15, 0.2) is 6.20 Å². The van der Waals surface area contributed by atoms with Crippen LogP contribution in [-0.4, -0.2) is 40.8 Å². The number of aryl methyl sites for hydroxylation is 1. The van der Waals surface area contributed by atoms with E-state index < -0.39 is 0 Å². The predicted molar refractivity (Wildman–Crippen MR) is 74.9 cm³/mol. The van der Waals surface area contributed by atoms with Gasteiger partial charge in [-0.05, 0) is 27.0 Å². The van der Waals surface area contributed by atoms with Gasteiger partial charge in [-0.2, -0.15) is 11.8 Å². The van der Waals surface area contributed by atoms with Gasteiger partial charge >= 0.3 is 0 Å². The van der Waals surface area contributed by atoms with Gasteiger partial charge in [-0.15, -0.1) is 0 Å². The third-order valence-corrected chi connectivity index (χ3v) is 3.82. The van der Waals surface area contributed by atoms with Crippen molar-refractivity contribution >= 4 is 17.7 Å². The van der Waals surface area contributed by atoms with Crippen molar-refractivity contribution in [1.29, 1.82) is 0 Å². The summed E-state index contributed by atoms with van der Waals surface area (Å²) in [4.78, 5) is 4.49. The summed E-state index contributed by atoms with van der Waals surface area (Å²) in [6.07, 6.45) is 4.23. The first-order chi connectivity index (χ1) is 7.98. The van der Waals surface area contributed by atoms with Gasteiger partial charge in [0.15, 0.2) is 0 Å². The van der Waals surface area contributed by atoms with Crippen molar-refractivity contribution in [3.8, 4) is 0 Å². The maximum atomic E-state index is 5.03. The molecule has 0 bridgehead atoms. The minimum atomic E-state index is 0.213. The second kappa shape index (κ2) is 6.31. The average Bonchev–Trinajstić information content (AvgIpc) is 2.59. The summed E-state index contributed by atoms with van der Waals surface area (Å²) in [5, 5.41) is 3.30. The van der Waals surface area contributed by atoms with Crippen molar-refractivity contribution in [1.82, 2.24) is 9.55 Å². The first-order valence-corrected chi connectivity index (χ1v) is 7.03. The maximum absolute atomic E-state index is 5.03. The van der Waals surface area contributed by atoms with Gasteiger partial charge in [-0.25, -0.2) is 4.98 Å². The highest BCUT2D eigenvalue weighted by molar-refractivity contribution is 7.99. The Morgan fingerprint density at radius 1 is 1.53 bits per heavy atom. The van der Waals surface area contributed by atoms with Crippen LogP contribution >= 0.6 is 11.8 Å². The second-order valence-corrected chi connectivity index (χ2v) is 6.23. The predicted octanol–water partition coefficient (Wildman–Crippen LogP) is 2.39. The summed E-state index contributed by atoms with van der Waals surface area (Å²) < 4.78 is 7.42. The van der Waals surface area contributed by atoms with Crippen LogP contribution in [0.4, 0.5) is 5.95 Å². The third-order valence-electron chi connectivity index (χ3n) is 2.59. The molecular weight excluding hydrogens is 234 g/mol. The lowest BCUT2D eigenvalue weighted by atomic mass is 10.2. The minimum absolute atomic E-state index is 0.213. The van der Waals surface area contributed by atoms with Crippen molar-refractivity contribution in [3.05, 3.63) is 11.9 Å². The van der Waals surface area contributed by atoms with Crippen LogP contribution in [0.5, 0.6) is 0 Å². The van der Waals surface area contributed by atoms with E-state index >= 15 is 0 Å². The van der Waals surface area contributed by atoms with Crippen LogP contribution < -0.4 is 5.32 Å². The summed E-state index contributed by atoms with van der Waals surface area (Å²) >= 11 is 1.87. The Balaban J connectivity index is 2.70. The van der Waals surface area contributed by atoms with E-state index in [4.69, 9.17) is 4.74 Å². The van der Waals surface area contributed by atoms with Gasteiger partial charge in [0.25, 0.3) is 0 Å². The zero-order valence-corrected chi connectivity index (χ0v) is 12.2. The van der Waals surface area contributed by atoms with Crippen LogP contribution in [0.1, 0.15) is 19.5 Å². The highest BCUT2D eigenvalue weighted by Gasteiger charge is 2.18. The second-order valence-electron chi connectivity index (χ2n) is 4.72. The molecule has 1 aromatic heterocycles. The normalized spacial score (nSPS) is 11.8. The topological polar surface area (TPSA) is 39.1 Å². The molecule has 0 aliphatic heterocycles. The first kappa shape index (κ1) is 14.4. The van der Waals surface area contributed by atoms with Crippen molar-refractivity contribution in [3.63, 3.8) is 0 Å². The maximum Gasteiger partial charge on any atom is 0.203 e. The van der Waals surface area contributed by atoms with Crippen LogP contribution in [0.25, 0.3) is 0 Å². The Bertz CT molecular complexity index is 350. The molecule has 5 heteroatoms. The molecule has 1 aromatic rings. The Kier molecular flexibility index (Phi) is 5.33. The summed E-state index contributed by atoms with van der Waals surface area (Å²) in [5.41, 5.74) is 1.04. The van der Waals surface area contributed by atoms with Crippen LogP contribution in [0, 0.1) is 6.92 Å². The Hall–Kier alpha value is -0.680. The number of ether oxygens (including phenoxy) is 1. The van der Waals surface area contributed by atoms with Crippen molar-refractivity contribution < 1.29 is 4.74 Å². The molecule has 4 nitrogen and oxygen atoms in total. The van der Waals surface area contributed by atoms with Crippen molar-refractivity contribution in [2.45, 2.75) is 32.1 Å². The molecule has 1 heterocycles. The molecule has 0 atom stereocenters. The first-order valence-electron chi connectivity index (χ1n) is 5.80. The molecule has 0 fully saturated rings. The fraction of sp³-hybridized carbons (Fsp3) is 0.750. The molecule has 0 radical (unpaired) electrons. The fourth-order valence-electron chi connectivity index (χ4n) is 1.55. The lowest BCUT2D eigenvalue weighted by Crippen LogP contribution is -2.23. The monoisotopic (exact) mass is 257 g/mol. The van der Waals surface area contributed by atoms with E-state index in [0.29, 0.717) is 6.61 Å². The number of imidazole rings is 1. The van der Waals surface area contributed by atoms with Gasteiger partial charge in [0.2, 0.25) is 5.95 Å². The van der Waals surface area contributed by atoms with Crippen LogP contribution in [-0.2, 0) is 11.3 Å². The summed E-state index contributed by atoms with van der Waals surface area (Å²) in [7, 11) is 1.70. The van der Waals surface area contributed by atoms with Gasteiger partial charge in [0.1, 0.15) is 0 Å². The number of nitrogens with one attached hydrogen (secondary N) is 1. The smallest absolute Gasteiger partial charge is 0.203 e. The number of nitrogens with zero attached hydrogens (tertiary/aromatic N) is 2. The fourth-order valence-corrected chi connectivity index (χ4v) is 1.82. The van der Waals surface area contributed by atoms with Gasteiger partial charge in [-0.1, -0.05) is 0 Å². The molecule has 0 unspecified atom stereocenters. The lowest BCUT2D eigenvalue weighted by Gasteiger charge is -2.23. The van der Waals surface area contributed by atoms with E-state index in [0.717, 1.165) is 24.7 Å². The number of hydrogen-bond donors (Lipinski definition) is 1. The molecule has 0 aliphatic carbocycles. The van der Waals surface area contributed by atoms with E-state index in [9.17, 15) is 0 Å². The third kappa shape index (κ3) is 4.60. The molecular formula is C12H23N3OS. The SMILES string of the molecule is COCCNc1nc(C)cn1CC(C)(C)SC. The molecule has 1 rings (SSSR count). The molecule has 0 amide bonds. The molecule has 0 aliphatic rings. The minimum Gasteiger partial charge on any atom is -0.383 e. The largest absolute Gasteiger partial charge is 0.383 e. The van der Waals surface area contributed by atoms with Gasteiger partial charge < -0.3 is 14.6 Å². The molecule has 0 saturated carbocycles. The zero-order chi connectivity index (χ0) is 12.9. The standard InChI is InChI=1S/C12H23N3OS/c1-10-8-15(9-12(2,3)17-5)11(14-10)13-6-7-16-4/h8H,6-7,9H2,1-5H3,(H,13,14). The number of hydrogen-bond acceptors (Lipinski definition) is 4.